The van der Waals surface area contributed by atoms with E-state index in [4.69, 9.17) is 0 Å². The lowest BCUT2D eigenvalue weighted by molar-refractivity contribution is -0.169. The Bertz CT molecular complexity index is 303. The molecule has 19 heavy (non-hydrogen) atoms. The molecule has 1 saturated heterocycles. The van der Waals surface area contributed by atoms with E-state index in [0.29, 0.717) is 25.9 Å². The normalized spacial score (nSPS) is 23.9. The molecule has 0 aromatic rings. The average Bonchev–Trinajstić information content (AvgIpc) is 2.73. The van der Waals surface area contributed by atoms with Crippen molar-refractivity contribution in [3.05, 3.63) is 0 Å². The molecule has 0 aliphatic carbocycles. The van der Waals surface area contributed by atoms with Crippen molar-refractivity contribution in [3.63, 3.8) is 0 Å². The van der Waals surface area contributed by atoms with Gasteiger partial charge in [-0.1, -0.05) is 20.8 Å². The van der Waals surface area contributed by atoms with Gasteiger partial charge in [-0.05, 0) is 25.3 Å². The maximum Gasteiger partial charge on any atom is 0.406 e. The third-order valence-electron chi connectivity index (χ3n) is 3.85. The number of amides is 1. The molecule has 112 valence electrons. The third-order valence-corrected chi connectivity index (χ3v) is 3.85. The van der Waals surface area contributed by atoms with E-state index in [0.717, 1.165) is 4.90 Å². The summed E-state index contributed by atoms with van der Waals surface area (Å²) >= 11 is 0. The van der Waals surface area contributed by atoms with Crippen LogP contribution in [0, 0.1) is 11.8 Å². The van der Waals surface area contributed by atoms with Crippen LogP contribution in [0.5, 0.6) is 0 Å². The summed E-state index contributed by atoms with van der Waals surface area (Å²) in [6.07, 6.45) is -3.24. The van der Waals surface area contributed by atoms with Crippen LogP contribution < -0.4 is 5.32 Å². The predicted molar refractivity (Wildman–Crippen MR) is 67.7 cm³/mol. The summed E-state index contributed by atoms with van der Waals surface area (Å²) in [6.45, 7) is 5.58. The zero-order valence-electron chi connectivity index (χ0n) is 11.8. The van der Waals surface area contributed by atoms with E-state index in [9.17, 15) is 18.0 Å². The molecule has 0 aromatic carbocycles. The fourth-order valence-electron chi connectivity index (χ4n) is 2.66. The van der Waals surface area contributed by atoms with Gasteiger partial charge in [-0.15, -0.1) is 0 Å². The zero-order valence-corrected chi connectivity index (χ0v) is 11.8. The summed E-state index contributed by atoms with van der Waals surface area (Å²) in [5.41, 5.74) is 0. The number of nitrogens with zero attached hydrogens (tertiary/aromatic N) is 1. The zero-order chi connectivity index (χ0) is 14.6. The van der Waals surface area contributed by atoms with Crippen molar-refractivity contribution in [3.8, 4) is 0 Å². The van der Waals surface area contributed by atoms with Crippen molar-refractivity contribution in [2.75, 3.05) is 19.6 Å². The van der Waals surface area contributed by atoms with Crippen molar-refractivity contribution in [1.82, 2.24) is 10.2 Å². The molecule has 6 heteroatoms. The Balaban J connectivity index is 2.85. The Morgan fingerprint density at radius 3 is 2.26 bits per heavy atom. The second-order valence-electron chi connectivity index (χ2n) is 5.29. The van der Waals surface area contributed by atoms with E-state index >= 15 is 0 Å². The van der Waals surface area contributed by atoms with Crippen LogP contribution in [-0.4, -0.2) is 42.7 Å². The van der Waals surface area contributed by atoms with Gasteiger partial charge in [0.1, 0.15) is 6.54 Å². The lowest BCUT2D eigenvalue weighted by Gasteiger charge is -2.34. The van der Waals surface area contributed by atoms with Crippen molar-refractivity contribution in [2.45, 2.75) is 45.8 Å². The second-order valence-corrected chi connectivity index (χ2v) is 5.29. The van der Waals surface area contributed by atoms with Gasteiger partial charge in [0.15, 0.2) is 0 Å². The molecule has 0 saturated carbocycles. The molecule has 1 aliphatic rings. The molecular weight excluding hydrogens is 257 g/mol. The number of halogens is 3. The van der Waals surface area contributed by atoms with Gasteiger partial charge in [0.05, 0.1) is 5.92 Å². The summed E-state index contributed by atoms with van der Waals surface area (Å²) in [5.74, 6) is -0.593. The SMILES string of the molecule is CCC(CC)N(CC(F)(F)F)C(=O)C1CNCC1C. The van der Waals surface area contributed by atoms with E-state index in [-0.39, 0.29) is 23.8 Å². The minimum Gasteiger partial charge on any atom is -0.330 e. The largest absolute Gasteiger partial charge is 0.406 e. The van der Waals surface area contributed by atoms with E-state index in [1.54, 1.807) is 0 Å². The summed E-state index contributed by atoms with van der Waals surface area (Å²) in [4.78, 5) is 13.4. The molecule has 1 amide bonds. The lowest BCUT2D eigenvalue weighted by Crippen LogP contribution is -2.49. The Kier molecular flexibility index (Phi) is 5.64. The van der Waals surface area contributed by atoms with Crippen LogP contribution in [-0.2, 0) is 4.79 Å². The van der Waals surface area contributed by atoms with E-state index in [1.165, 1.54) is 0 Å². The first-order valence-corrected chi connectivity index (χ1v) is 6.88. The number of carbonyl (C=O) groups is 1. The lowest BCUT2D eigenvalue weighted by atomic mass is 9.95. The minimum absolute atomic E-state index is 0.0950. The maximum absolute atomic E-state index is 12.7. The molecule has 2 unspecified atom stereocenters. The summed E-state index contributed by atoms with van der Waals surface area (Å²) in [5, 5.41) is 3.07. The van der Waals surface area contributed by atoms with E-state index in [1.807, 2.05) is 20.8 Å². The Labute approximate surface area is 112 Å². The van der Waals surface area contributed by atoms with Gasteiger partial charge in [0, 0.05) is 12.6 Å². The quantitative estimate of drug-likeness (QED) is 0.839. The molecule has 0 aromatic heterocycles. The van der Waals surface area contributed by atoms with Crippen LogP contribution in [0.25, 0.3) is 0 Å². The molecule has 1 N–H and O–H groups in total. The number of hydrogen-bond acceptors (Lipinski definition) is 2. The van der Waals surface area contributed by atoms with Gasteiger partial charge in [0.2, 0.25) is 5.91 Å². The molecule has 1 rings (SSSR count). The molecule has 1 aliphatic heterocycles. The van der Waals surface area contributed by atoms with Gasteiger partial charge in [0.25, 0.3) is 0 Å². The molecule has 0 radical (unpaired) electrons. The summed E-state index contributed by atoms with van der Waals surface area (Å²) in [6, 6.07) is -0.332. The average molecular weight is 280 g/mol. The summed E-state index contributed by atoms with van der Waals surface area (Å²) in [7, 11) is 0. The maximum atomic E-state index is 12.7. The van der Waals surface area contributed by atoms with Crippen LogP contribution in [0.2, 0.25) is 0 Å². The Morgan fingerprint density at radius 1 is 1.32 bits per heavy atom. The molecule has 2 atom stereocenters. The molecule has 1 fully saturated rings. The number of carbonyl (C=O) groups excluding carboxylic acids is 1. The number of rotatable bonds is 5. The van der Waals surface area contributed by atoms with Gasteiger partial charge in [-0.25, -0.2) is 0 Å². The highest BCUT2D eigenvalue weighted by molar-refractivity contribution is 5.80. The van der Waals surface area contributed by atoms with Crippen LogP contribution in [0.1, 0.15) is 33.6 Å². The first-order chi connectivity index (χ1) is 8.80. The topological polar surface area (TPSA) is 32.3 Å². The van der Waals surface area contributed by atoms with Gasteiger partial charge in [-0.2, -0.15) is 13.2 Å². The fourth-order valence-corrected chi connectivity index (χ4v) is 2.66. The Morgan fingerprint density at radius 2 is 1.89 bits per heavy atom. The van der Waals surface area contributed by atoms with Crippen molar-refractivity contribution in [1.29, 1.82) is 0 Å². The van der Waals surface area contributed by atoms with Gasteiger partial charge in [-0.3, -0.25) is 4.79 Å². The van der Waals surface area contributed by atoms with Crippen LogP contribution in [0.3, 0.4) is 0 Å². The highest BCUT2D eigenvalue weighted by Crippen LogP contribution is 2.25. The minimum atomic E-state index is -4.34. The standard InChI is InChI=1S/C13H23F3N2O/c1-4-10(5-2)18(8-13(14,15)16)12(19)11-7-17-6-9(11)3/h9-11,17H,4-8H2,1-3H3. The molecular formula is C13H23F3N2O. The summed E-state index contributed by atoms with van der Waals surface area (Å²) < 4.78 is 38.0. The first-order valence-electron chi connectivity index (χ1n) is 6.88. The smallest absolute Gasteiger partial charge is 0.330 e. The third kappa shape index (κ3) is 4.37. The van der Waals surface area contributed by atoms with Gasteiger partial charge >= 0.3 is 6.18 Å². The second kappa shape index (κ2) is 6.59. The Hall–Kier alpha value is -0.780. The van der Waals surface area contributed by atoms with Crippen molar-refractivity contribution >= 4 is 5.91 Å². The number of alkyl halides is 3. The van der Waals surface area contributed by atoms with Crippen LogP contribution in [0.15, 0.2) is 0 Å². The van der Waals surface area contributed by atoms with Crippen molar-refractivity contribution in [2.24, 2.45) is 11.8 Å². The fraction of sp³-hybridized carbons (Fsp3) is 0.923. The highest BCUT2D eigenvalue weighted by atomic mass is 19.4. The van der Waals surface area contributed by atoms with Gasteiger partial charge < -0.3 is 10.2 Å². The van der Waals surface area contributed by atoms with Crippen molar-refractivity contribution < 1.29 is 18.0 Å². The predicted octanol–water partition coefficient (Wildman–Crippen LogP) is 2.42. The molecule has 0 bridgehead atoms. The monoisotopic (exact) mass is 280 g/mol. The van der Waals surface area contributed by atoms with E-state index in [2.05, 4.69) is 5.32 Å². The first kappa shape index (κ1) is 16.3. The number of nitrogens with one attached hydrogen (secondary N) is 1. The highest BCUT2D eigenvalue weighted by Gasteiger charge is 2.40. The molecule has 3 nitrogen and oxygen atoms in total. The van der Waals surface area contributed by atoms with Crippen LogP contribution in [0.4, 0.5) is 13.2 Å². The molecule has 1 heterocycles. The molecule has 0 spiro atoms. The van der Waals surface area contributed by atoms with Crippen LogP contribution >= 0.6 is 0 Å². The van der Waals surface area contributed by atoms with E-state index < -0.39 is 12.7 Å². The number of hydrogen-bond donors (Lipinski definition) is 1.